The molecule has 0 atom stereocenters. The molecule has 2 heteroatoms. The van der Waals surface area contributed by atoms with Crippen molar-refractivity contribution >= 4 is 5.97 Å². The Morgan fingerprint density at radius 2 is 2.15 bits per heavy atom. The molecule has 0 unspecified atom stereocenters. The first-order valence-electron chi connectivity index (χ1n) is 4.30. The summed E-state index contributed by atoms with van der Waals surface area (Å²) in [5.74, 6) is -0.277. The number of ether oxygens (including phenoxy) is 1. The average molecular weight is 180 g/mol. The molecule has 0 saturated heterocycles. The van der Waals surface area contributed by atoms with Crippen molar-refractivity contribution in [3.05, 3.63) is 36.0 Å². The zero-order valence-corrected chi connectivity index (χ0v) is 8.46. The molecule has 0 heterocycles. The van der Waals surface area contributed by atoms with E-state index in [2.05, 4.69) is 6.58 Å². The van der Waals surface area contributed by atoms with Crippen LogP contribution >= 0.6 is 0 Å². The molecule has 13 heavy (non-hydrogen) atoms. The van der Waals surface area contributed by atoms with Gasteiger partial charge in [-0.1, -0.05) is 24.8 Å². The van der Waals surface area contributed by atoms with Gasteiger partial charge in [0, 0.05) is 0 Å². The first kappa shape index (κ1) is 11.7. The van der Waals surface area contributed by atoms with E-state index in [9.17, 15) is 4.79 Å². The fourth-order valence-corrected chi connectivity index (χ4v) is 0.982. The molecule has 0 aromatic carbocycles. The van der Waals surface area contributed by atoms with Crippen LogP contribution in [0.25, 0.3) is 0 Å². The third kappa shape index (κ3) is 3.74. The molecule has 0 amide bonds. The van der Waals surface area contributed by atoms with Crippen molar-refractivity contribution in [1.82, 2.24) is 0 Å². The van der Waals surface area contributed by atoms with Gasteiger partial charge in [-0.25, -0.2) is 4.79 Å². The van der Waals surface area contributed by atoms with Gasteiger partial charge in [0.15, 0.2) is 0 Å². The van der Waals surface area contributed by atoms with Gasteiger partial charge in [-0.3, -0.25) is 0 Å². The molecule has 0 aliphatic rings. The second-order valence-electron chi connectivity index (χ2n) is 2.51. The molecule has 72 valence electrons. The second kappa shape index (κ2) is 6.23. The van der Waals surface area contributed by atoms with Crippen molar-refractivity contribution in [2.24, 2.45) is 0 Å². The summed E-state index contributed by atoms with van der Waals surface area (Å²) < 4.78 is 4.88. The highest BCUT2D eigenvalue weighted by Crippen LogP contribution is 2.10. The highest BCUT2D eigenvalue weighted by atomic mass is 16.5. The van der Waals surface area contributed by atoms with Gasteiger partial charge in [0.25, 0.3) is 0 Å². The summed E-state index contributed by atoms with van der Waals surface area (Å²) in [7, 11) is 0. The summed E-state index contributed by atoms with van der Waals surface area (Å²) in [6, 6.07) is 0. The maximum atomic E-state index is 11.3. The number of allylic oxidation sites excluding steroid dienone is 3. The topological polar surface area (TPSA) is 26.3 Å². The second-order valence-corrected chi connectivity index (χ2v) is 2.51. The predicted molar refractivity (Wildman–Crippen MR) is 54.3 cm³/mol. The van der Waals surface area contributed by atoms with Crippen molar-refractivity contribution in [3.63, 3.8) is 0 Å². The lowest BCUT2D eigenvalue weighted by Crippen LogP contribution is -2.08. The summed E-state index contributed by atoms with van der Waals surface area (Å²) in [5.41, 5.74) is 1.47. The van der Waals surface area contributed by atoms with E-state index in [0.717, 1.165) is 5.57 Å². The average Bonchev–Trinajstić information content (AvgIpc) is 2.06. The first-order valence-corrected chi connectivity index (χ1v) is 4.30. The minimum absolute atomic E-state index is 0.277. The minimum Gasteiger partial charge on any atom is -0.462 e. The van der Waals surface area contributed by atoms with E-state index in [1.807, 2.05) is 13.8 Å². The molecule has 0 aliphatic carbocycles. The fourth-order valence-electron chi connectivity index (χ4n) is 0.982. The number of carbonyl (C=O) groups is 1. The fraction of sp³-hybridized carbons (Fsp3) is 0.364. The van der Waals surface area contributed by atoms with Crippen molar-refractivity contribution in [1.29, 1.82) is 0 Å². The SMILES string of the molecule is C=C/C=C(C)\C(=C/C)C(=O)OCC. The van der Waals surface area contributed by atoms with Crippen LogP contribution in [0, 0.1) is 0 Å². The molecule has 0 N–H and O–H groups in total. The number of esters is 1. The minimum atomic E-state index is -0.277. The molecule has 0 aromatic rings. The van der Waals surface area contributed by atoms with Gasteiger partial charge >= 0.3 is 5.97 Å². The Kier molecular flexibility index (Phi) is 5.60. The number of rotatable bonds is 4. The Hall–Kier alpha value is -1.31. The van der Waals surface area contributed by atoms with Crippen LogP contribution in [0.4, 0.5) is 0 Å². The summed E-state index contributed by atoms with van der Waals surface area (Å²) >= 11 is 0. The number of carbonyl (C=O) groups excluding carboxylic acids is 1. The van der Waals surface area contributed by atoms with Gasteiger partial charge in [0.2, 0.25) is 0 Å². The van der Waals surface area contributed by atoms with Crippen LogP contribution in [0.1, 0.15) is 20.8 Å². The quantitative estimate of drug-likeness (QED) is 0.377. The van der Waals surface area contributed by atoms with Crippen molar-refractivity contribution in [2.75, 3.05) is 6.61 Å². The van der Waals surface area contributed by atoms with E-state index in [-0.39, 0.29) is 5.97 Å². The molecular weight excluding hydrogens is 164 g/mol. The van der Waals surface area contributed by atoms with E-state index >= 15 is 0 Å². The van der Waals surface area contributed by atoms with Crippen molar-refractivity contribution in [3.8, 4) is 0 Å². The van der Waals surface area contributed by atoms with Crippen LogP contribution in [0.5, 0.6) is 0 Å². The van der Waals surface area contributed by atoms with Gasteiger partial charge in [-0.2, -0.15) is 0 Å². The number of hydrogen-bond acceptors (Lipinski definition) is 2. The Morgan fingerprint density at radius 1 is 1.54 bits per heavy atom. The molecule has 0 bridgehead atoms. The van der Waals surface area contributed by atoms with Crippen LogP contribution in [0.15, 0.2) is 36.0 Å². The Morgan fingerprint density at radius 3 is 2.54 bits per heavy atom. The third-order valence-electron chi connectivity index (χ3n) is 1.58. The lowest BCUT2D eigenvalue weighted by molar-refractivity contribution is -0.138. The Labute approximate surface area is 79.6 Å². The van der Waals surface area contributed by atoms with Crippen LogP contribution in [0.3, 0.4) is 0 Å². The highest BCUT2D eigenvalue weighted by Gasteiger charge is 2.09. The van der Waals surface area contributed by atoms with Gasteiger partial charge in [0.05, 0.1) is 12.2 Å². The number of hydrogen-bond donors (Lipinski definition) is 0. The highest BCUT2D eigenvalue weighted by molar-refractivity contribution is 5.93. The summed E-state index contributed by atoms with van der Waals surface area (Å²) in [6.07, 6.45) is 5.18. The maximum Gasteiger partial charge on any atom is 0.338 e. The van der Waals surface area contributed by atoms with Gasteiger partial charge in [-0.15, -0.1) is 0 Å². The normalized spacial score (nSPS) is 12.5. The lowest BCUT2D eigenvalue weighted by atomic mass is 10.1. The molecule has 0 fully saturated rings. The van der Waals surface area contributed by atoms with Gasteiger partial charge < -0.3 is 4.74 Å². The zero-order chi connectivity index (χ0) is 10.3. The summed E-state index contributed by atoms with van der Waals surface area (Å²) in [5, 5.41) is 0. The van der Waals surface area contributed by atoms with E-state index in [0.29, 0.717) is 12.2 Å². The maximum absolute atomic E-state index is 11.3. The van der Waals surface area contributed by atoms with Gasteiger partial charge in [-0.05, 0) is 26.3 Å². The van der Waals surface area contributed by atoms with Crippen molar-refractivity contribution in [2.45, 2.75) is 20.8 Å². The van der Waals surface area contributed by atoms with Crippen molar-refractivity contribution < 1.29 is 9.53 Å². The van der Waals surface area contributed by atoms with Crippen LogP contribution in [-0.4, -0.2) is 12.6 Å². The van der Waals surface area contributed by atoms with Gasteiger partial charge in [0.1, 0.15) is 0 Å². The largest absolute Gasteiger partial charge is 0.462 e. The monoisotopic (exact) mass is 180 g/mol. The van der Waals surface area contributed by atoms with E-state index in [1.54, 1.807) is 25.2 Å². The van der Waals surface area contributed by atoms with Crippen LogP contribution in [0.2, 0.25) is 0 Å². The Bertz CT molecular complexity index is 247. The molecule has 0 spiro atoms. The third-order valence-corrected chi connectivity index (χ3v) is 1.58. The molecule has 0 rings (SSSR count). The van der Waals surface area contributed by atoms with E-state index < -0.39 is 0 Å². The van der Waals surface area contributed by atoms with E-state index in [4.69, 9.17) is 4.74 Å². The van der Waals surface area contributed by atoms with E-state index in [1.165, 1.54) is 0 Å². The van der Waals surface area contributed by atoms with Crippen LogP contribution in [-0.2, 0) is 9.53 Å². The summed E-state index contributed by atoms with van der Waals surface area (Å²) in [6.45, 7) is 9.42. The molecule has 0 radical (unpaired) electrons. The Balaban J connectivity index is 4.62. The smallest absolute Gasteiger partial charge is 0.338 e. The van der Waals surface area contributed by atoms with Crippen LogP contribution < -0.4 is 0 Å². The lowest BCUT2D eigenvalue weighted by Gasteiger charge is -2.05. The molecule has 0 aromatic heterocycles. The molecular formula is C11H16O2. The molecule has 2 nitrogen and oxygen atoms in total. The zero-order valence-electron chi connectivity index (χ0n) is 8.46. The molecule has 0 aliphatic heterocycles. The molecule has 0 saturated carbocycles. The summed E-state index contributed by atoms with van der Waals surface area (Å²) in [4.78, 5) is 11.3. The first-order chi connectivity index (χ1) is 6.17. The standard InChI is InChI=1S/C11H16O2/c1-5-8-9(4)10(6-2)11(12)13-7-3/h5-6,8H,1,7H2,2-4H3/b9-8-,10-6+. The predicted octanol–water partition coefficient (Wildman–Crippen LogP) is 2.63.